The third-order valence-corrected chi connectivity index (χ3v) is 4.24. The van der Waals surface area contributed by atoms with Gasteiger partial charge in [0.05, 0.1) is 19.3 Å². The molecule has 0 radical (unpaired) electrons. The minimum absolute atomic E-state index is 0.201. The van der Waals surface area contributed by atoms with Gasteiger partial charge in [0.25, 0.3) is 11.3 Å². The van der Waals surface area contributed by atoms with Crippen LogP contribution in [0.4, 0.5) is 5.69 Å². The number of hydrogen-bond acceptors (Lipinski definition) is 5. The molecule has 4 aromatic rings. The van der Waals surface area contributed by atoms with E-state index in [1.54, 1.807) is 7.11 Å². The number of benzene rings is 2. The van der Waals surface area contributed by atoms with Gasteiger partial charge in [0.15, 0.2) is 5.82 Å². The van der Waals surface area contributed by atoms with Crippen molar-refractivity contribution in [2.24, 2.45) is 0 Å². The summed E-state index contributed by atoms with van der Waals surface area (Å²) in [6.45, 7) is 2.48. The van der Waals surface area contributed by atoms with Crippen LogP contribution in [0.2, 0.25) is 0 Å². The molecular formula is C20H19N5O2. The maximum atomic E-state index is 12.4. The fourth-order valence-electron chi connectivity index (χ4n) is 2.84. The summed E-state index contributed by atoms with van der Waals surface area (Å²) in [6, 6.07) is 17.0. The lowest BCUT2D eigenvalue weighted by Gasteiger charge is -2.06. The molecule has 2 heterocycles. The van der Waals surface area contributed by atoms with Crippen LogP contribution in [0, 0.1) is 6.92 Å². The van der Waals surface area contributed by atoms with Gasteiger partial charge in [-0.05, 0) is 48.9 Å². The maximum Gasteiger partial charge on any atom is 0.274 e. The smallest absolute Gasteiger partial charge is 0.274 e. The molecule has 0 spiro atoms. The van der Waals surface area contributed by atoms with E-state index in [2.05, 4.69) is 20.4 Å². The van der Waals surface area contributed by atoms with E-state index >= 15 is 0 Å². The highest BCUT2D eigenvalue weighted by Gasteiger charge is 2.10. The van der Waals surface area contributed by atoms with Crippen molar-refractivity contribution in [2.75, 3.05) is 12.4 Å². The maximum absolute atomic E-state index is 12.4. The number of rotatable bonds is 5. The Morgan fingerprint density at radius 2 is 1.93 bits per heavy atom. The average Bonchev–Trinajstić information content (AvgIpc) is 3.11. The van der Waals surface area contributed by atoms with Crippen LogP contribution >= 0.6 is 0 Å². The number of nitrogens with one attached hydrogen (secondary N) is 2. The van der Waals surface area contributed by atoms with Crippen LogP contribution in [-0.2, 0) is 6.54 Å². The Bertz CT molecular complexity index is 1150. The SMILES string of the molecule is COc1ccc(-c2nc3nc(CNc4cccc(C)c4)cc(=O)n3[nH]2)cc1. The van der Waals surface area contributed by atoms with Crippen LogP contribution in [0.15, 0.2) is 59.4 Å². The summed E-state index contributed by atoms with van der Waals surface area (Å²) in [5.41, 5.74) is 3.43. The van der Waals surface area contributed by atoms with Crippen LogP contribution in [0.1, 0.15) is 11.3 Å². The van der Waals surface area contributed by atoms with Gasteiger partial charge < -0.3 is 10.1 Å². The molecule has 27 heavy (non-hydrogen) atoms. The number of fused-ring (bicyclic) bond motifs is 1. The standard InChI is InChI=1S/C20H19N5O2/c1-13-4-3-5-15(10-13)21-12-16-11-18(26)25-20(22-16)23-19(24-25)14-6-8-17(27-2)9-7-14/h3-11,21H,12H2,1-2H3,(H,22,23,24). The number of aryl methyl sites for hydroxylation is 1. The molecule has 136 valence electrons. The van der Waals surface area contributed by atoms with Gasteiger partial charge in [0, 0.05) is 17.3 Å². The lowest BCUT2D eigenvalue weighted by molar-refractivity contribution is 0.415. The second-order valence-electron chi connectivity index (χ2n) is 6.24. The van der Waals surface area contributed by atoms with E-state index in [0.717, 1.165) is 17.0 Å². The lowest BCUT2D eigenvalue weighted by atomic mass is 10.2. The van der Waals surface area contributed by atoms with Crippen molar-refractivity contribution < 1.29 is 4.74 Å². The van der Waals surface area contributed by atoms with Crippen molar-refractivity contribution in [1.29, 1.82) is 0 Å². The van der Waals surface area contributed by atoms with Gasteiger partial charge in [-0.2, -0.15) is 9.50 Å². The third kappa shape index (κ3) is 3.52. The predicted octanol–water partition coefficient (Wildman–Crippen LogP) is 3.01. The topological polar surface area (TPSA) is 84.3 Å². The molecule has 7 nitrogen and oxygen atoms in total. The molecular weight excluding hydrogens is 342 g/mol. The highest BCUT2D eigenvalue weighted by molar-refractivity contribution is 5.58. The molecule has 0 saturated carbocycles. The van der Waals surface area contributed by atoms with Crippen LogP contribution in [0.25, 0.3) is 17.2 Å². The molecule has 0 aliphatic rings. The summed E-state index contributed by atoms with van der Waals surface area (Å²) in [6.07, 6.45) is 0. The molecule has 2 aromatic carbocycles. The predicted molar refractivity (Wildman–Crippen MR) is 104 cm³/mol. The molecule has 0 amide bonds. The van der Waals surface area contributed by atoms with Gasteiger partial charge in [-0.15, -0.1) is 0 Å². The molecule has 2 aromatic heterocycles. The van der Waals surface area contributed by atoms with Gasteiger partial charge in [-0.3, -0.25) is 9.89 Å². The van der Waals surface area contributed by atoms with Crippen molar-refractivity contribution in [3.8, 4) is 17.1 Å². The summed E-state index contributed by atoms with van der Waals surface area (Å²) in [5, 5.41) is 6.28. The van der Waals surface area contributed by atoms with Crippen molar-refractivity contribution in [3.05, 3.63) is 76.2 Å². The molecule has 2 N–H and O–H groups in total. The molecule has 0 aliphatic carbocycles. The molecule has 4 rings (SSSR count). The number of anilines is 1. The van der Waals surface area contributed by atoms with Crippen molar-refractivity contribution in [2.45, 2.75) is 13.5 Å². The van der Waals surface area contributed by atoms with Crippen molar-refractivity contribution >= 4 is 11.5 Å². The number of hydrogen-bond donors (Lipinski definition) is 2. The summed E-state index contributed by atoms with van der Waals surface area (Å²) in [5.74, 6) is 1.68. The number of H-pyrrole nitrogens is 1. The third-order valence-electron chi connectivity index (χ3n) is 4.24. The van der Waals surface area contributed by atoms with E-state index in [0.29, 0.717) is 23.8 Å². The second-order valence-corrected chi connectivity index (χ2v) is 6.24. The van der Waals surface area contributed by atoms with Crippen molar-refractivity contribution in [3.63, 3.8) is 0 Å². The highest BCUT2D eigenvalue weighted by Crippen LogP contribution is 2.19. The molecule has 0 unspecified atom stereocenters. The zero-order valence-electron chi connectivity index (χ0n) is 15.1. The summed E-state index contributed by atoms with van der Waals surface area (Å²) in [4.78, 5) is 21.4. The molecule has 0 bridgehead atoms. The Labute approximate surface area is 155 Å². The first-order valence-electron chi connectivity index (χ1n) is 8.56. The Morgan fingerprint density at radius 1 is 1.11 bits per heavy atom. The zero-order chi connectivity index (χ0) is 18.8. The number of methoxy groups -OCH3 is 1. The minimum atomic E-state index is -0.201. The molecule has 0 aliphatic heterocycles. The Hall–Kier alpha value is -3.61. The summed E-state index contributed by atoms with van der Waals surface area (Å²) < 4.78 is 6.51. The van der Waals surface area contributed by atoms with Crippen LogP contribution in [0.5, 0.6) is 5.75 Å². The second kappa shape index (κ2) is 6.95. The Morgan fingerprint density at radius 3 is 2.67 bits per heavy atom. The largest absolute Gasteiger partial charge is 0.497 e. The monoisotopic (exact) mass is 361 g/mol. The summed E-state index contributed by atoms with van der Waals surface area (Å²) >= 11 is 0. The van der Waals surface area contributed by atoms with E-state index in [9.17, 15) is 4.79 Å². The molecule has 0 atom stereocenters. The minimum Gasteiger partial charge on any atom is -0.497 e. The van der Waals surface area contributed by atoms with Gasteiger partial charge in [-0.1, -0.05) is 12.1 Å². The lowest BCUT2D eigenvalue weighted by Crippen LogP contribution is -2.17. The van der Waals surface area contributed by atoms with E-state index in [1.165, 1.54) is 16.1 Å². The zero-order valence-corrected chi connectivity index (χ0v) is 15.1. The van der Waals surface area contributed by atoms with Crippen LogP contribution in [-0.4, -0.2) is 26.7 Å². The first-order chi connectivity index (χ1) is 13.1. The van der Waals surface area contributed by atoms with Crippen molar-refractivity contribution in [1.82, 2.24) is 19.6 Å². The van der Waals surface area contributed by atoms with Gasteiger partial charge in [0.2, 0.25) is 0 Å². The van der Waals surface area contributed by atoms with Crippen LogP contribution in [0.3, 0.4) is 0 Å². The fourth-order valence-corrected chi connectivity index (χ4v) is 2.84. The fraction of sp³-hybridized carbons (Fsp3) is 0.150. The van der Waals surface area contributed by atoms with Gasteiger partial charge in [-0.25, -0.2) is 4.98 Å². The highest BCUT2D eigenvalue weighted by atomic mass is 16.5. The quantitative estimate of drug-likeness (QED) is 0.571. The first kappa shape index (κ1) is 16.8. The Balaban J connectivity index is 1.61. The number of aromatic amines is 1. The first-order valence-corrected chi connectivity index (χ1v) is 8.56. The Kier molecular flexibility index (Phi) is 4.33. The van der Waals surface area contributed by atoms with E-state index in [4.69, 9.17) is 4.74 Å². The average molecular weight is 361 g/mol. The number of aromatic nitrogens is 4. The van der Waals surface area contributed by atoms with Crippen LogP contribution < -0.4 is 15.6 Å². The molecule has 7 heteroatoms. The normalized spacial score (nSPS) is 10.9. The van der Waals surface area contributed by atoms with Gasteiger partial charge in [0.1, 0.15) is 5.75 Å². The van der Waals surface area contributed by atoms with Gasteiger partial charge >= 0.3 is 0 Å². The molecule has 0 fully saturated rings. The number of ether oxygens (including phenoxy) is 1. The number of nitrogens with zero attached hydrogens (tertiary/aromatic N) is 3. The van der Waals surface area contributed by atoms with E-state index in [-0.39, 0.29) is 5.56 Å². The molecule has 0 saturated heterocycles. The van der Waals surface area contributed by atoms with E-state index < -0.39 is 0 Å². The van der Waals surface area contributed by atoms with E-state index in [1.807, 2.05) is 55.5 Å². The summed E-state index contributed by atoms with van der Waals surface area (Å²) in [7, 11) is 1.62.